The highest BCUT2D eigenvalue weighted by molar-refractivity contribution is 7.91. The number of hydrogen-bond donors (Lipinski definition) is 1. The molecule has 0 saturated carbocycles. The molecule has 0 bridgehead atoms. The average Bonchev–Trinajstić information content (AvgIpc) is 3.19. The van der Waals surface area contributed by atoms with Crippen LogP contribution in [0.4, 0.5) is 0 Å². The quantitative estimate of drug-likeness (QED) is 0.703. The normalized spacial score (nSPS) is 16.4. The van der Waals surface area contributed by atoms with Gasteiger partial charge in [0.2, 0.25) is 0 Å². The second-order valence-corrected chi connectivity index (χ2v) is 9.69. The smallest absolute Gasteiger partial charge is 0.252 e. The molecule has 27 heavy (non-hydrogen) atoms. The fourth-order valence-electron chi connectivity index (χ4n) is 3.26. The van der Waals surface area contributed by atoms with E-state index in [0.717, 1.165) is 24.4 Å². The number of nitrogens with zero attached hydrogens (tertiary/aromatic N) is 1. The van der Waals surface area contributed by atoms with Crippen LogP contribution in [0.25, 0.3) is 0 Å². The molecule has 0 unspecified atom stereocenters. The Morgan fingerprint density at radius 1 is 1.26 bits per heavy atom. The van der Waals surface area contributed by atoms with Crippen LogP contribution in [-0.2, 0) is 16.6 Å². The number of rotatable bonds is 7. The molecular formula is C19H25N2O4S2+. The second-order valence-electron chi connectivity index (χ2n) is 6.57. The van der Waals surface area contributed by atoms with E-state index in [1.165, 1.54) is 16.2 Å². The first kappa shape index (κ1) is 20.0. The van der Waals surface area contributed by atoms with Gasteiger partial charge in [-0.15, -0.1) is 11.3 Å². The molecule has 8 heteroatoms. The van der Waals surface area contributed by atoms with E-state index in [2.05, 4.69) is 0 Å². The van der Waals surface area contributed by atoms with E-state index in [4.69, 9.17) is 4.74 Å². The van der Waals surface area contributed by atoms with E-state index in [1.54, 1.807) is 34.8 Å². The number of sulfonamides is 1. The zero-order valence-corrected chi connectivity index (χ0v) is 17.2. The minimum atomic E-state index is -3.38. The van der Waals surface area contributed by atoms with Crippen LogP contribution in [0.2, 0.25) is 0 Å². The SMILES string of the molecule is CCOc1ccc(C(C)=O)cc1C[NH+]1CCN(S(=O)(=O)c2cccs2)CC1. The van der Waals surface area contributed by atoms with E-state index in [1.807, 2.05) is 19.1 Å². The summed E-state index contributed by atoms with van der Waals surface area (Å²) >= 11 is 1.25. The van der Waals surface area contributed by atoms with E-state index < -0.39 is 10.0 Å². The molecule has 1 aliphatic heterocycles. The van der Waals surface area contributed by atoms with E-state index >= 15 is 0 Å². The van der Waals surface area contributed by atoms with Gasteiger partial charge in [-0.05, 0) is 43.5 Å². The Bertz CT molecular complexity index is 886. The Morgan fingerprint density at radius 3 is 2.59 bits per heavy atom. The second kappa shape index (κ2) is 8.52. The predicted molar refractivity (Wildman–Crippen MR) is 105 cm³/mol. The Balaban J connectivity index is 1.69. The summed E-state index contributed by atoms with van der Waals surface area (Å²) in [5.41, 5.74) is 1.67. The Hall–Kier alpha value is -1.74. The van der Waals surface area contributed by atoms with Gasteiger partial charge < -0.3 is 9.64 Å². The Morgan fingerprint density at radius 2 is 2.00 bits per heavy atom. The average molecular weight is 410 g/mol. The van der Waals surface area contributed by atoms with Crippen LogP contribution >= 0.6 is 11.3 Å². The van der Waals surface area contributed by atoms with Crippen LogP contribution in [0.15, 0.2) is 39.9 Å². The molecule has 3 rings (SSSR count). The number of Topliss-reactive ketones (excluding diaryl/α,β-unsaturated/α-hetero) is 1. The number of piperazine rings is 1. The number of nitrogens with one attached hydrogen (secondary N) is 1. The van der Waals surface area contributed by atoms with E-state index in [0.29, 0.717) is 36.0 Å². The van der Waals surface area contributed by atoms with Crippen LogP contribution in [0.3, 0.4) is 0 Å². The molecular weight excluding hydrogens is 384 g/mol. The van der Waals surface area contributed by atoms with E-state index in [-0.39, 0.29) is 5.78 Å². The zero-order valence-electron chi connectivity index (χ0n) is 15.6. The molecule has 1 N–H and O–H groups in total. The maximum Gasteiger partial charge on any atom is 0.252 e. The molecule has 0 radical (unpaired) electrons. The van der Waals surface area contributed by atoms with Gasteiger partial charge in [0.15, 0.2) is 5.78 Å². The van der Waals surface area contributed by atoms with E-state index in [9.17, 15) is 13.2 Å². The fourth-order valence-corrected chi connectivity index (χ4v) is 5.85. The number of hydrogen-bond acceptors (Lipinski definition) is 5. The standard InChI is InChI=1S/C19H24N2O4S2/c1-3-25-18-7-6-16(15(2)22)13-17(18)14-20-8-10-21(11-9-20)27(23,24)19-5-4-12-26-19/h4-7,12-13H,3,8-11,14H2,1-2H3/p+1. The minimum Gasteiger partial charge on any atom is -0.493 e. The van der Waals surface area contributed by atoms with Crippen molar-refractivity contribution < 1.29 is 22.8 Å². The van der Waals surface area contributed by atoms with Crippen LogP contribution in [-0.4, -0.2) is 51.3 Å². The summed E-state index contributed by atoms with van der Waals surface area (Å²) in [5.74, 6) is 0.824. The van der Waals surface area contributed by atoms with Crippen molar-refractivity contribution in [3.8, 4) is 5.75 Å². The molecule has 1 aromatic carbocycles. The molecule has 1 aromatic heterocycles. The number of thiophene rings is 1. The van der Waals surface area contributed by atoms with Crippen molar-refractivity contribution in [2.45, 2.75) is 24.6 Å². The summed E-state index contributed by atoms with van der Waals surface area (Å²) in [6.07, 6.45) is 0. The van der Waals surface area contributed by atoms with Crippen molar-refractivity contribution in [2.75, 3.05) is 32.8 Å². The van der Waals surface area contributed by atoms with Gasteiger partial charge in [0, 0.05) is 11.1 Å². The number of carbonyl (C=O) groups excluding carboxylic acids is 1. The third-order valence-electron chi connectivity index (χ3n) is 4.73. The zero-order chi connectivity index (χ0) is 19.4. The number of benzene rings is 1. The topological polar surface area (TPSA) is 68.1 Å². The first-order valence-electron chi connectivity index (χ1n) is 9.05. The fraction of sp³-hybridized carbons (Fsp3) is 0.421. The molecule has 1 aliphatic rings. The lowest BCUT2D eigenvalue weighted by Crippen LogP contribution is -3.13. The van der Waals surface area contributed by atoms with Gasteiger partial charge >= 0.3 is 0 Å². The molecule has 0 aliphatic carbocycles. The number of quaternary nitrogens is 1. The number of ketones is 1. The highest BCUT2D eigenvalue weighted by Crippen LogP contribution is 2.22. The Labute approximate surface area is 164 Å². The molecule has 1 fully saturated rings. The van der Waals surface area contributed by atoms with Gasteiger partial charge in [-0.1, -0.05) is 6.07 Å². The highest BCUT2D eigenvalue weighted by Gasteiger charge is 2.31. The summed E-state index contributed by atoms with van der Waals surface area (Å²) in [4.78, 5) is 13.0. The maximum atomic E-state index is 12.6. The van der Waals surface area contributed by atoms with Crippen molar-refractivity contribution in [2.24, 2.45) is 0 Å². The highest BCUT2D eigenvalue weighted by atomic mass is 32.2. The van der Waals surface area contributed by atoms with Crippen molar-refractivity contribution in [3.05, 3.63) is 46.8 Å². The molecule has 1 saturated heterocycles. The third kappa shape index (κ3) is 4.57. The molecule has 2 heterocycles. The number of carbonyl (C=O) groups is 1. The van der Waals surface area contributed by atoms with Crippen LogP contribution < -0.4 is 9.64 Å². The molecule has 6 nitrogen and oxygen atoms in total. The van der Waals surface area contributed by atoms with Crippen molar-refractivity contribution in [1.29, 1.82) is 0 Å². The van der Waals surface area contributed by atoms with Gasteiger partial charge in [-0.3, -0.25) is 4.79 Å². The molecule has 0 amide bonds. The molecule has 2 aromatic rings. The third-order valence-corrected chi connectivity index (χ3v) is 8.00. The summed E-state index contributed by atoms with van der Waals surface area (Å²) in [6, 6.07) is 8.95. The lowest BCUT2D eigenvalue weighted by Gasteiger charge is -2.31. The van der Waals surface area contributed by atoms with Gasteiger partial charge in [-0.25, -0.2) is 8.42 Å². The number of ether oxygens (including phenoxy) is 1. The maximum absolute atomic E-state index is 12.6. The van der Waals surface area contributed by atoms with Gasteiger partial charge in [0.25, 0.3) is 10.0 Å². The molecule has 0 spiro atoms. The summed E-state index contributed by atoms with van der Waals surface area (Å²) < 4.78 is 33.0. The monoisotopic (exact) mass is 409 g/mol. The van der Waals surface area contributed by atoms with Crippen LogP contribution in [0.5, 0.6) is 5.75 Å². The van der Waals surface area contributed by atoms with Gasteiger partial charge in [0.1, 0.15) is 16.5 Å². The summed E-state index contributed by atoms with van der Waals surface area (Å²) in [6.45, 7) is 7.20. The van der Waals surface area contributed by atoms with Gasteiger partial charge in [0.05, 0.1) is 32.8 Å². The molecule has 146 valence electrons. The van der Waals surface area contributed by atoms with Gasteiger partial charge in [-0.2, -0.15) is 4.31 Å². The van der Waals surface area contributed by atoms with Crippen molar-refractivity contribution in [1.82, 2.24) is 4.31 Å². The largest absolute Gasteiger partial charge is 0.493 e. The Kier molecular flexibility index (Phi) is 6.31. The van der Waals surface area contributed by atoms with Crippen molar-refractivity contribution >= 4 is 27.1 Å². The van der Waals surface area contributed by atoms with Crippen LogP contribution in [0, 0.1) is 0 Å². The summed E-state index contributed by atoms with van der Waals surface area (Å²) in [7, 11) is -3.38. The minimum absolute atomic E-state index is 0.0289. The first-order chi connectivity index (χ1) is 12.9. The lowest BCUT2D eigenvalue weighted by molar-refractivity contribution is -0.917. The van der Waals surface area contributed by atoms with Crippen LogP contribution in [0.1, 0.15) is 29.8 Å². The lowest BCUT2D eigenvalue weighted by atomic mass is 10.1. The first-order valence-corrected chi connectivity index (χ1v) is 11.4. The predicted octanol–water partition coefficient (Wildman–Crippen LogP) is 1.44. The molecule has 0 atom stereocenters. The summed E-state index contributed by atoms with van der Waals surface area (Å²) in [5, 5.41) is 1.78. The van der Waals surface area contributed by atoms with Crippen molar-refractivity contribution in [3.63, 3.8) is 0 Å².